The number of hydrogen-bond acceptors (Lipinski definition) is 21. The number of aliphatic carboxylic acids is 1. The highest BCUT2D eigenvalue weighted by Gasteiger charge is 2.25. The molecule has 0 aliphatic rings. The molecule has 3 aromatic heterocycles. The van der Waals surface area contributed by atoms with Crippen molar-refractivity contribution in [2.75, 3.05) is 32.8 Å². The van der Waals surface area contributed by atoms with Crippen LogP contribution in [0.25, 0.3) is 33.4 Å². The minimum absolute atomic E-state index is 0.00881. The van der Waals surface area contributed by atoms with Crippen LogP contribution in [0.1, 0.15) is 62.2 Å². The van der Waals surface area contributed by atoms with Crippen molar-refractivity contribution in [3.05, 3.63) is 244 Å². The van der Waals surface area contributed by atoms with Crippen LogP contribution in [-0.2, 0) is 43.5 Å². The van der Waals surface area contributed by atoms with Gasteiger partial charge in [-0.2, -0.15) is 15.5 Å². The molecule has 0 fully saturated rings. The molecule has 0 spiro atoms. The van der Waals surface area contributed by atoms with Crippen LogP contribution in [0.4, 0.5) is 0 Å². The Kier molecular flexibility index (Phi) is 28.6. The van der Waals surface area contributed by atoms with Crippen LogP contribution in [-0.4, -0.2) is 143 Å². The summed E-state index contributed by atoms with van der Waals surface area (Å²) in [6, 6.07) is 48.0. The summed E-state index contributed by atoms with van der Waals surface area (Å²) in [5.41, 5.74) is 11.6. The monoisotopic (exact) mass is 1370 g/mol. The lowest BCUT2D eigenvalue weighted by Crippen LogP contribution is -2.47. The summed E-state index contributed by atoms with van der Waals surface area (Å²) >= 11 is 18.1. The van der Waals surface area contributed by atoms with Crippen molar-refractivity contribution in [3.63, 3.8) is 0 Å². The number of aromatic carboxylic acids is 1. The predicted octanol–water partition coefficient (Wildman–Crippen LogP) is 6.51. The fourth-order valence-electron chi connectivity index (χ4n) is 8.37. The van der Waals surface area contributed by atoms with Gasteiger partial charge >= 0.3 is 35.7 Å². The van der Waals surface area contributed by atoms with Gasteiger partial charge in [0.25, 0.3) is 16.7 Å². The number of nitrogens with one attached hydrogen (secondary N) is 5. The molecule has 95 heavy (non-hydrogen) atoms. The lowest BCUT2D eigenvalue weighted by molar-refractivity contribution is -0.155. The van der Waals surface area contributed by atoms with Gasteiger partial charge in [0, 0.05) is 34.7 Å². The van der Waals surface area contributed by atoms with E-state index in [9.17, 15) is 58.5 Å². The van der Waals surface area contributed by atoms with Crippen molar-refractivity contribution >= 4 is 70.5 Å². The second-order valence-corrected chi connectivity index (χ2v) is 21.4. The van der Waals surface area contributed by atoms with Gasteiger partial charge in [0.1, 0.15) is 0 Å². The quantitative estimate of drug-likeness (QED) is 0.0165. The molecule has 0 aliphatic heterocycles. The van der Waals surface area contributed by atoms with E-state index in [1.807, 2.05) is 137 Å². The van der Waals surface area contributed by atoms with Crippen LogP contribution < -0.4 is 33.4 Å². The predicted molar refractivity (Wildman–Crippen MR) is 345 cm³/mol. The minimum atomic E-state index is -1.73. The molecule has 0 saturated carbocycles. The Morgan fingerprint density at radius 1 is 0.463 bits per heavy atom. The first-order chi connectivity index (χ1) is 45.4. The van der Waals surface area contributed by atoms with Crippen LogP contribution in [0.2, 0.25) is 15.1 Å². The van der Waals surface area contributed by atoms with Gasteiger partial charge < -0.3 is 48.6 Å². The Morgan fingerprint density at radius 2 is 0.789 bits per heavy atom. The molecule has 3 atom stereocenters. The minimum Gasteiger partial charge on any atom is -0.479 e. The van der Waals surface area contributed by atoms with E-state index in [-0.39, 0.29) is 63.2 Å². The second-order valence-electron chi connectivity index (χ2n) is 20.1. The van der Waals surface area contributed by atoms with Crippen LogP contribution in [0, 0.1) is 0 Å². The van der Waals surface area contributed by atoms with E-state index in [0.717, 1.165) is 68.3 Å². The number of carboxylic acid groups (broad SMARTS) is 2. The second kappa shape index (κ2) is 36.9. The van der Waals surface area contributed by atoms with Gasteiger partial charge in [0.2, 0.25) is 17.3 Å². The number of esters is 2. The van der Waals surface area contributed by atoms with E-state index in [1.165, 1.54) is 15.0 Å². The van der Waals surface area contributed by atoms with Crippen molar-refractivity contribution in [3.8, 4) is 33.4 Å². The highest BCUT2D eigenvalue weighted by molar-refractivity contribution is 6.31. The van der Waals surface area contributed by atoms with Gasteiger partial charge in [-0.25, -0.2) is 34.2 Å². The number of aromatic amines is 3. The van der Waals surface area contributed by atoms with Crippen molar-refractivity contribution in [1.29, 1.82) is 0 Å². The zero-order chi connectivity index (χ0) is 69.1. The molecule has 500 valence electrons. The number of H-pyrrole nitrogens is 3. The number of carboxylic acids is 2. The fraction of sp³-hybridized carbons (Fsp3) is 0.203. The molecule has 0 aliphatic carbocycles. The lowest BCUT2D eigenvalue weighted by Gasteiger charge is -2.24. The van der Waals surface area contributed by atoms with Gasteiger partial charge in [0.15, 0.2) is 18.3 Å². The molecular weight excluding hydrogens is 1310 g/mol. The standard InChI is InChI=1S/C22H22ClN3O6.C20H18ClN3O6.C18H21ClN2O3.C4H3NO4/c1-2-31-22(30)18(27)13-26(24-21(29)19-11-20(28)25-32-19)12-14-6-8-15(9-7-14)16-4-3-5-17(23)10-16;21-15-3-1-2-14(8-15)13-6-4-12(5-7-13)10-24(11-16(25)20(28)29)22-19(27)17-9-18(26)23-30-17;1-2-24-18(23)17(22)12-21(20)11-13-6-8-14(9-7-13)15-4-3-5-16(19)10-15;6-3-1-2(4(7)8)9-5-3/h3-11,18,27H,2,12-13H2,1H3,(H,24,29)(H,25,28);1-9,16,25H,10-11H2,(H,22,27)(H,23,26)(H,28,29);3-10,17,22H,2,11-12,20H2,1H3;1H,(H,5,6)(H,7,8)/t18-;16-;17-;/m111./s1. The van der Waals surface area contributed by atoms with Crippen molar-refractivity contribution < 1.29 is 77.3 Å². The van der Waals surface area contributed by atoms with E-state index in [0.29, 0.717) is 21.6 Å². The number of benzene rings is 6. The molecule has 2 amide bonds. The van der Waals surface area contributed by atoms with Crippen LogP contribution in [0.15, 0.2) is 192 Å². The van der Waals surface area contributed by atoms with Crippen LogP contribution >= 0.6 is 34.8 Å². The van der Waals surface area contributed by atoms with E-state index < -0.39 is 70.7 Å². The smallest absolute Gasteiger partial charge is 0.374 e. The number of nitrogens with zero attached hydrogens (tertiary/aromatic N) is 3. The van der Waals surface area contributed by atoms with E-state index in [1.54, 1.807) is 38.1 Å². The number of ether oxygens (including phenoxy) is 2. The summed E-state index contributed by atoms with van der Waals surface area (Å²) in [6.07, 6.45) is -4.46. The number of carbonyl (C=O) groups excluding carboxylic acids is 4. The lowest BCUT2D eigenvalue weighted by atomic mass is 10.0. The molecule has 9 rings (SSSR count). The maximum absolute atomic E-state index is 12.4. The van der Waals surface area contributed by atoms with Crippen LogP contribution in [0.3, 0.4) is 0 Å². The molecule has 0 unspecified atom stereocenters. The summed E-state index contributed by atoms with van der Waals surface area (Å²) < 4.78 is 23.3. The number of aromatic nitrogens is 3. The number of carbonyl (C=O) groups is 6. The molecule has 6 aromatic carbocycles. The average molecular weight is 1370 g/mol. The van der Waals surface area contributed by atoms with Crippen molar-refractivity contribution in [1.82, 2.24) is 41.3 Å². The zero-order valence-electron chi connectivity index (χ0n) is 50.5. The normalized spacial score (nSPS) is 11.7. The number of halogens is 3. The topological polar surface area (TPSA) is 420 Å². The Morgan fingerprint density at radius 3 is 1.08 bits per heavy atom. The average Bonchev–Trinajstić information content (AvgIpc) is 2.32. The first-order valence-corrected chi connectivity index (χ1v) is 29.5. The SMILES string of the molecule is CCOC(=O)[C@H](O)CN(Cc1ccc(-c2cccc(Cl)c2)cc1)NC(=O)c1cc(=O)[nH]o1.CCOC(=O)[C@H](O)CN(N)Cc1ccc(-c2cccc(Cl)c2)cc1.O=C(NN(Cc1ccc(-c2cccc(Cl)c2)cc1)C[C@@H](O)C(=O)O)c1cc(=O)[nH]o1.O=C(O)c1cc(=O)[nH]o1. The van der Waals surface area contributed by atoms with Crippen LogP contribution in [0.5, 0.6) is 0 Å². The number of hydrazine groups is 3. The number of amides is 2. The third-order valence-electron chi connectivity index (χ3n) is 12.8. The van der Waals surface area contributed by atoms with Gasteiger partial charge in [-0.05, 0) is 100 Å². The van der Waals surface area contributed by atoms with Gasteiger partial charge in [-0.3, -0.25) is 40.7 Å². The maximum Gasteiger partial charge on any atom is 0.374 e. The number of hydrogen-bond donors (Lipinski definition) is 11. The summed E-state index contributed by atoms with van der Waals surface area (Å²) in [4.78, 5) is 101. The van der Waals surface area contributed by atoms with E-state index in [2.05, 4.69) is 15.4 Å². The van der Waals surface area contributed by atoms with E-state index in [4.69, 9.17) is 69.4 Å². The highest BCUT2D eigenvalue weighted by atomic mass is 35.5. The Bertz CT molecular complexity index is 4170. The zero-order valence-corrected chi connectivity index (χ0v) is 52.7. The third kappa shape index (κ3) is 24.6. The Hall–Kier alpha value is -10.2. The first-order valence-electron chi connectivity index (χ1n) is 28.4. The summed E-state index contributed by atoms with van der Waals surface area (Å²) in [5, 5.41) is 58.4. The number of nitrogens with two attached hydrogens (primary N) is 1. The molecule has 12 N–H and O–H groups in total. The Balaban J connectivity index is 0.000000213. The molecule has 3 heterocycles. The maximum atomic E-state index is 12.4. The largest absolute Gasteiger partial charge is 0.479 e. The molecular formula is C64H64Cl3N9O19. The molecule has 0 bridgehead atoms. The highest BCUT2D eigenvalue weighted by Crippen LogP contribution is 2.26. The third-order valence-corrected chi connectivity index (χ3v) is 13.5. The van der Waals surface area contributed by atoms with E-state index >= 15 is 0 Å². The van der Waals surface area contributed by atoms with Gasteiger partial charge in [-0.1, -0.05) is 144 Å². The molecule has 28 nitrogen and oxygen atoms in total. The summed E-state index contributed by atoms with van der Waals surface area (Å²) in [5.74, 6) is -0.659. The van der Waals surface area contributed by atoms with Gasteiger partial charge in [0.05, 0.1) is 51.0 Å². The van der Waals surface area contributed by atoms with Gasteiger partial charge in [-0.15, -0.1) is 0 Å². The molecule has 0 radical (unpaired) electrons. The number of aliphatic hydroxyl groups is 3. The number of rotatable bonds is 25. The van der Waals surface area contributed by atoms with Crippen molar-refractivity contribution in [2.45, 2.75) is 51.8 Å². The molecule has 0 saturated heterocycles. The Labute approximate surface area is 554 Å². The summed E-state index contributed by atoms with van der Waals surface area (Å²) in [7, 11) is 0. The number of aliphatic hydroxyl groups excluding tert-OH is 3. The molecule has 31 heteroatoms. The fourth-order valence-corrected chi connectivity index (χ4v) is 8.94. The van der Waals surface area contributed by atoms with Crippen molar-refractivity contribution in [2.24, 2.45) is 5.84 Å². The molecule has 9 aromatic rings. The summed E-state index contributed by atoms with van der Waals surface area (Å²) in [6.45, 7) is 3.70. The first kappa shape index (κ1) is 73.8.